The minimum atomic E-state index is -0.778. The Morgan fingerprint density at radius 3 is 2.76 bits per heavy atom. The Labute approximate surface area is 221 Å². The Morgan fingerprint density at radius 2 is 2.05 bits per heavy atom. The van der Waals surface area contributed by atoms with E-state index in [1.54, 1.807) is 12.1 Å². The number of carbonyl (C=O) groups is 1. The maximum atomic E-state index is 14.8. The number of rotatable bonds is 6. The van der Waals surface area contributed by atoms with E-state index >= 15 is 0 Å². The molecule has 1 saturated heterocycles. The summed E-state index contributed by atoms with van der Waals surface area (Å²) < 4.78 is 22.4. The topological polar surface area (TPSA) is 106 Å². The fourth-order valence-electron chi connectivity index (χ4n) is 5.51. The van der Waals surface area contributed by atoms with Gasteiger partial charge in [-0.1, -0.05) is 24.3 Å². The van der Waals surface area contributed by atoms with Crippen LogP contribution in [-0.4, -0.2) is 34.8 Å². The zero-order chi connectivity index (χ0) is 27.0. The van der Waals surface area contributed by atoms with Crippen molar-refractivity contribution in [1.29, 1.82) is 5.26 Å². The Morgan fingerprint density at radius 1 is 1.24 bits per heavy atom. The number of hydrogen-bond acceptors (Lipinski definition) is 5. The van der Waals surface area contributed by atoms with E-state index in [0.717, 1.165) is 38.9 Å². The molecule has 1 fully saturated rings. The monoisotopic (exact) mass is 511 g/mol. The summed E-state index contributed by atoms with van der Waals surface area (Å²) in [6.45, 7) is 8.11. The minimum Gasteiger partial charge on any atom is -0.445 e. The highest BCUT2D eigenvalue weighted by Gasteiger charge is 2.31. The lowest BCUT2D eigenvalue weighted by molar-refractivity contribution is 0.0917. The third kappa shape index (κ3) is 4.50. The van der Waals surface area contributed by atoms with Gasteiger partial charge < -0.3 is 20.4 Å². The summed E-state index contributed by atoms with van der Waals surface area (Å²) in [5.41, 5.74) is 12.4. The molecule has 2 unspecified atom stereocenters. The normalized spacial score (nSPS) is 17.0. The van der Waals surface area contributed by atoms with Crippen LogP contribution in [0.2, 0.25) is 0 Å². The number of primary amides is 1. The largest absolute Gasteiger partial charge is 0.445 e. The number of fused-ring (bicyclic) bond motifs is 1. The first kappa shape index (κ1) is 25.4. The molecule has 3 heterocycles. The van der Waals surface area contributed by atoms with E-state index in [4.69, 9.17) is 15.5 Å². The van der Waals surface area contributed by atoms with Gasteiger partial charge >= 0.3 is 6.09 Å². The maximum absolute atomic E-state index is 14.8. The molecule has 0 spiro atoms. The van der Waals surface area contributed by atoms with Gasteiger partial charge in [0, 0.05) is 53.3 Å². The first-order valence-corrected chi connectivity index (χ1v) is 12.8. The van der Waals surface area contributed by atoms with Crippen molar-refractivity contribution in [1.82, 2.24) is 14.9 Å². The fourth-order valence-corrected chi connectivity index (χ4v) is 5.51. The molecule has 0 aliphatic carbocycles. The number of nitrogens with two attached hydrogens (primary N) is 1. The Bertz CT molecular complexity index is 1590. The van der Waals surface area contributed by atoms with E-state index < -0.39 is 11.9 Å². The van der Waals surface area contributed by atoms with Gasteiger partial charge in [0.25, 0.3) is 0 Å². The summed E-state index contributed by atoms with van der Waals surface area (Å²) >= 11 is 0. The van der Waals surface area contributed by atoms with Crippen LogP contribution in [0.3, 0.4) is 0 Å². The van der Waals surface area contributed by atoms with E-state index in [2.05, 4.69) is 41.9 Å². The van der Waals surface area contributed by atoms with Crippen molar-refractivity contribution in [3.63, 3.8) is 0 Å². The number of pyridine rings is 1. The summed E-state index contributed by atoms with van der Waals surface area (Å²) in [6.07, 6.45) is 1.42. The molecule has 8 heteroatoms. The number of amides is 1. The first-order valence-electron chi connectivity index (χ1n) is 12.8. The Balaban J connectivity index is 1.74. The summed E-state index contributed by atoms with van der Waals surface area (Å²) in [5, 5.41) is 14.1. The standard InChI is InChI=1S/C30H30FN5O2/c1-4-36-21(11-20-14-34-16-27(20)38-30(33)37)12-23-26(36)15-35-29(19-9-8-17(2)18(3)10-19)28(23)22-6-5-7-25(31)24(22)13-32/h5-10,12,15,20,27,34H,4,11,14,16H2,1-3H3,(H2,33,37). The quantitative estimate of drug-likeness (QED) is 0.368. The number of nitrogens with zero attached hydrogens (tertiary/aromatic N) is 3. The molecular formula is C30H30FN5O2. The van der Waals surface area contributed by atoms with E-state index in [-0.39, 0.29) is 17.6 Å². The Hall–Kier alpha value is -4.22. The first-order chi connectivity index (χ1) is 18.3. The van der Waals surface area contributed by atoms with Gasteiger partial charge in [0.1, 0.15) is 18.0 Å². The highest BCUT2D eigenvalue weighted by Crippen LogP contribution is 2.40. The third-order valence-electron chi connectivity index (χ3n) is 7.55. The highest BCUT2D eigenvalue weighted by molar-refractivity contribution is 6.03. The molecule has 0 radical (unpaired) electrons. The van der Waals surface area contributed by atoms with E-state index in [0.29, 0.717) is 37.3 Å². The minimum absolute atomic E-state index is 0.00685. The molecule has 5 rings (SSSR count). The summed E-state index contributed by atoms with van der Waals surface area (Å²) in [7, 11) is 0. The fraction of sp³-hybridized carbons (Fsp3) is 0.300. The molecule has 0 saturated carbocycles. The van der Waals surface area contributed by atoms with Crippen molar-refractivity contribution in [3.05, 3.63) is 76.9 Å². The van der Waals surface area contributed by atoms with Crippen LogP contribution in [0, 0.1) is 36.9 Å². The van der Waals surface area contributed by atoms with Crippen LogP contribution in [0.1, 0.15) is 29.3 Å². The zero-order valence-electron chi connectivity index (χ0n) is 21.7. The molecule has 7 nitrogen and oxygen atoms in total. The lowest BCUT2D eigenvalue weighted by atomic mass is 9.91. The van der Waals surface area contributed by atoms with Gasteiger partial charge in [-0.3, -0.25) is 4.98 Å². The lowest BCUT2D eigenvalue weighted by Gasteiger charge is -2.19. The number of aromatic nitrogens is 2. The predicted octanol–water partition coefficient (Wildman–Crippen LogP) is 5.24. The van der Waals surface area contributed by atoms with Crippen molar-refractivity contribution in [3.8, 4) is 28.5 Å². The molecule has 1 aliphatic rings. The Kier molecular flexibility index (Phi) is 6.87. The summed E-state index contributed by atoms with van der Waals surface area (Å²) in [6, 6.07) is 15.0. The van der Waals surface area contributed by atoms with Gasteiger partial charge in [0.15, 0.2) is 0 Å². The molecule has 2 aromatic heterocycles. The molecular weight excluding hydrogens is 481 g/mol. The van der Waals surface area contributed by atoms with E-state index in [1.165, 1.54) is 6.07 Å². The van der Waals surface area contributed by atoms with Crippen LogP contribution >= 0.6 is 0 Å². The molecule has 38 heavy (non-hydrogen) atoms. The molecule has 1 aliphatic heterocycles. The second kappa shape index (κ2) is 10.3. The molecule has 4 aromatic rings. The van der Waals surface area contributed by atoms with Crippen LogP contribution in [0.15, 0.2) is 48.7 Å². The highest BCUT2D eigenvalue weighted by atomic mass is 19.1. The molecule has 3 N–H and O–H groups in total. The number of halogens is 1. The number of ether oxygens (including phenoxy) is 1. The SMILES string of the molecule is CCn1c(CC2CNCC2OC(N)=O)cc2c(-c3cccc(F)c3C#N)c(-c3ccc(C)c(C)c3)ncc21. The number of carbonyl (C=O) groups excluding carboxylic acids is 1. The number of hydrogen-bond donors (Lipinski definition) is 2. The smallest absolute Gasteiger partial charge is 0.404 e. The van der Waals surface area contributed by atoms with Crippen molar-refractivity contribution in [2.45, 2.75) is 39.8 Å². The second-order valence-corrected chi connectivity index (χ2v) is 9.83. The third-order valence-corrected chi connectivity index (χ3v) is 7.55. The second-order valence-electron chi connectivity index (χ2n) is 9.83. The van der Waals surface area contributed by atoms with Gasteiger partial charge in [-0.25, -0.2) is 9.18 Å². The van der Waals surface area contributed by atoms with Gasteiger partial charge in [-0.05, 0) is 56.5 Å². The van der Waals surface area contributed by atoms with Crippen LogP contribution in [0.5, 0.6) is 0 Å². The average Bonchev–Trinajstić information content (AvgIpc) is 3.47. The number of nitriles is 1. The summed E-state index contributed by atoms with van der Waals surface area (Å²) in [4.78, 5) is 16.3. The number of aryl methyl sites for hydroxylation is 3. The zero-order valence-corrected chi connectivity index (χ0v) is 21.7. The van der Waals surface area contributed by atoms with E-state index in [1.807, 2.05) is 25.3 Å². The molecule has 194 valence electrons. The number of nitrogens with one attached hydrogen (secondary N) is 1. The number of benzene rings is 2. The summed E-state index contributed by atoms with van der Waals surface area (Å²) in [5.74, 6) is -0.511. The lowest BCUT2D eigenvalue weighted by Crippen LogP contribution is -2.30. The maximum Gasteiger partial charge on any atom is 0.404 e. The predicted molar refractivity (Wildman–Crippen MR) is 145 cm³/mol. The van der Waals surface area contributed by atoms with Crippen LogP contribution in [0.4, 0.5) is 9.18 Å². The van der Waals surface area contributed by atoms with Crippen LogP contribution in [-0.2, 0) is 17.7 Å². The van der Waals surface area contributed by atoms with Gasteiger partial charge in [-0.2, -0.15) is 5.26 Å². The van der Waals surface area contributed by atoms with Crippen LogP contribution < -0.4 is 11.1 Å². The molecule has 2 aromatic carbocycles. The van der Waals surface area contributed by atoms with Crippen molar-refractivity contribution >= 4 is 17.0 Å². The molecule has 0 bridgehead atoms. The van der Waals surface area contributed by atoms with Gasteiger partial charge in [0.2, 0.25) is 0 Å². The van der Waals surface area contributed by atoms with Crippen molar-refractivity contribution in [2.75, 3.05) is 13.1 Å². The van der Waals surface area contributed by atoms with Crippen LogP contribution in [0.25, 0.3) is 33.3 Å². The van der Waals surface area contributed by atoms with Gasteiger partial charge in [-0.15, -0.1) is 0 Å². The van der Waals surface area contributed by atoms with E-state index in [9.17, 15) is 14.4 Å². The van der Waals surface area contributed by atoms with Crippen molar-refractivity contribution in [2.24, 2.45) is 11.7 Å². The average molecular weight is 512 g/mol. The molecule has 2 atom stereocenters. The van der Waals surface area contributed by atoms with Crippen molar-refractivity contribution < 1.29 is 13.9 Å². The molecule has 1 amide bonds. The van der Waals surface area contributed by atoms with Gasteiger partial charge in [0.05, 0.1) is 23.0 Å².